The monoisotopic (exact) mass is 336 g/mol. The van der Waals surface area contributed by atoms with E-state index in [1.54, 1.807) is 6.33 Å². The SMILES string of the molecule is CCc1ccc(Cn2ncc3c(N4CCN(C)CC4)ncnc32)cc1. The van der Waals surface area contributed by atoms with Gasteiger partial charge in [-0.25, -0.2) is 14.6 Å². The van der Waals surface area contributed by atoms with Gasteiger partial charge in [0.15, 0.2) is 5.65 Å². The van der Waals surface area contributed by atoms with Crippen molar-refractivity contribution in [1.29, 1.82) is 0 Å². The van der Waals surface area contributed by atoms with E-state index in [2.05, 4.69) is 63.1 Å². The summed E-state index contributed by atoms with van der Waals surface area (Å²) in [5.41, 5.74) is 3.50. The Kier molecular flexibility index (Phi) is 4.36. The number of benzene rings is 1. The highest BCUT2D eigenvalue weighted by Crippen LogP contribution is 2.24. The summed E-state index contributed by atoms with van der Waals surface area (Å²) in [6.45, 7) is 7.00. The Morgan fingerprint density at radius 2 is 1.68 bits per heavy atom. The number of aryl methyl sites for hydroxylation is 1. The molecule has 0 N–H and O–H groups in total. The zero-order valence-electron chi connectivity index (χ0n) is 14.9. The average Bonchev–Trinajstić information content (AvgIpc) is 3.06. The quantitative estimate of drug-likeness (QED) is 0.731. The van der Waals surface area contributed by atoms with Gasteiger partial charge in [-0.2, -0.15) is 5.10 Å². The van der Waals surface area contributed by atoms with Crippen molar-refractivity contribution in [3.05, 3.63) is 47.9 Å². The Balaban J connectivity index is 1.62. The Morgan fingerprint density at radius 1 is 0.960 bits per heavy atom. The Hall–Kier alpha value is -2.47. The lowest BCUT2D eigenvalue weighted by molar-refractivity contribution is 0.312. The van der Waals surface area contributed by atoms with Gasteiger partial charge in [0.05, 0.1) is 18.1 Å². The van der Waals surface area contributed by atoms with Crippen molar-refractivity contribution in [3.8, 4) is 0 Å². The van der Waals surface area contributed by atoms with E-state index in [0.717, 1.165) is 56.0 Å². The van der Waals surface area contributed by atoms with Crippen LogP contribution in [-0.4, -0.2) is 57.9 Å². The van der Waals surface area contributed by atoms with E-state index >= 15 is 0 Å². The molecule has 6 heteroatoms. The lowest BCUT2D eigenvalue weighted by Crippen LogP contribution is -2.44. The molecule has 0 atom stereocenters. The summed E-state index contributed by atoms with van der Waals surface area (Å²) in [4.78, 5) is 13.7. The summed E-state index contributed by atoms with van der Waals surface area (Å²) in [5, 5.41) is 5.62. The number of anilines is 1. The molecule has 130 valence electrons. The lowest BCUT2D eigenvalue weighted by atomic mass is 10.1. The van der Waals surface area contributed by atoms with E-state index in [-0.39, 0.29) is 0 Å². The largest absolute Gasteiger partial charge is 0.353 e. The van der Waals surface area contributed by atoms with Gasteiger partial charge in [0, 0.05) is 26.2 Å². The van der Waals surface area contributed by atoms with E-state index in [1.165, 1.54) is 11.1 Å². The number of piperazine rings is 1. The van der Waals surface area contributed by atoms with Gasteiger partial charge in [0.25, 0.3) is 0 Å². The topological polar surface area (TPSA) is 50.1 Å². The van der Waals surface area contributed by atoms with Gasteiger partial charge >= 0.3 is 0 Å². The van der Waals surface area contributed by atoms with Crippen molar-refractivity contribution in [3.63, 3.8) is 0 Å². The van der Waals surface area contributed by atoms with Gasteiger partial charge in [-0.3, -0.25) is 0 Å². The number of nitrogens with zero attached hydrogens (tertiary/aromatic N) is 6. The van der Waals surface area contributed by atoms with Gasteiger partial charge in [-0.1, -0.05) is 31.2 Å². The predicted molar refractivity (Wildman–Crippen MR) is 100.0 cm³/mol. The van der Waals surface area contributed by atoms with Crippen molar-refractivity contribution in [1.82, 2.24) is 24.6 Å². The van der Waals surface area contributed by atoms with Crippen LogP contribution in [0.1, 0.15) is 18.1 Å². The minimum atomic E-state index is 0.729. The lowest BCUT2D eigenvalue weighted by Gasteiger charge is -2.33. The van der Waals surface area contributed by atoms with Gasteiger partial charge in [-0.05, 0) is 24.6 Å². The molecule has 6 nitrogen and oxygen atoms in total. The highest BCUT2D eigenvalue weighted by molar-refractivity contribution is 5.86. The maximum Gasteiger partial charge on any atom is 0.163 e. The Bertz CT molecular complexity index is 846. The molecule has 4 rings (SSSR count). The first-order valence-corrected chi connectivity index (χ1v) is 8.92. The second kappa shape index (κ2) is 6.80. The fourth-order valence-corrected chi connectivity index (χ4v) is 3.32. The smallest absolute Gasteiger partial charge is 0.163 e. The van der Waals surface area contributed by atoms with Crippen molar-refractivity contribution >= 4 is 16.9 Å². The molecule has 0 saturated carbocycles. The van der Waals surface area contributed by atoms with Crippen LogP contribution in [0, 0.1) is 0 Å². The zero-order chi connectivity index (χ0) is 17.2. The molecule has 0 spiro atoms. The van der Waals surface area contributed by atoms with E-state index in [1.807, 2.05) is 10.9 Å². The molecule has 0 unspecified atom stereocenters. The highest BCUT2D eigenvalue weighted by Gasteiger charge is 2.19. The van der Waals surface area contributed by atoms with Gasteiger partial charge < -0.3 is 9.80 Å². The maximum absolute atomic E-state index is 4.58. The number of fused-ring (bicyclic) bond motifs is 1. The van der Waals surface area contributed by atoms with Crippen LogP contribution >= 0.6 is 0 Å². The summed E-state index contributed by atoms with van der Waals surface area (Å²) in [5.74, 6) is 1.01. The maximum atomic E-state index is 4.58. The summed E-state index contributed by atoms with van der Waals surface area (Å²) in [6, 6.07) is 8.72. The minimum absolute atomic E-state index is 0.729. The number of rotatable bonds is 4. The van der Waals surface area contributed by atoms with Crippen LogP contribution in [0.5, 0.6) is 0 Å². The van der Waals surface area contributed by atoms with Crippen molar-refractivity contribution in [2.75, 3.05) is 38.1 Å². The third kappa shape index (κ3) is 3.22. The van der Waals surface area contributed by atoms with Crippen LogP contribution < -0.4 is 4.90 Å². The van der Waals surface area contributed by atoms with E-state index in [0.29, 0.717) is 0 Å². The molecule has 3 heterocycles. The molecule has 1 aliphatic heterocycles. The molecule has 2 aromatic heterocycles. The third-order valence-corrected chi connectivity index (χ3v) is 4.98. The molecule has 1 fully saturated rings. The van der Waals surface area contributed by atoms with Crippen LogP contribution in [0.3, 0.4) is 0 Å². The van der Waals surface area contributed by atoms with Crippen LogP contribution in [-0.2, 0) is 13.0 Å². The summed E-state index contributed by atoms with van der Waals surface area (Å²) in [6.07, 6.45) is 4.63. The first-order valence-electron chi connectivity index (χ1n) is 8.92. The predicted octanol–water partition coefficient (Wildman–Crippen LogP) is 2.19. The van der Waals surface area contributed by atoms with Crippen LogP contribution in [0.4, 0.5) is 5.82 Å². The second-order valence-corrected chi connectivity index (χ2v) is 6.70. The molecule has 1 aliphatic rings. The molecule has 25 heavy (non-hydrogen) atoms. The van der Waals surface area contributed by atoms with Gasteiger partial charge in [0.1, 0.15) is 12.1 Å². The van der Waals surface area contributed by atoms with Crippen molar-refractivity contribution in [2.45, 2.75) is 19.9 Å². The molecule has 3 aromatic rings. The first-order chi connectivity index (χ1) is 12.2. The van der Waals surface area contributed by atoms with Crippen molar-refractivity contribution < 1.29 is 0 Å². The summed E-state index contributed by atoms with van der Waals surface area (Å²) < 4.78 is 1.97. The van der Waals surface area contributed by atoms with Gasteiger partial charge in [0.2, 0.25) is 0 Å². The first kappa shape index (κ1) is 16.0. The molecule has 0 amide bonds. The van der Waals surface area contributed by atoms with Crippen LogP contribution in [0.15, 0.2) is 36.8 Å². The number of likely N-dealkylation sites (N-methyl/N-ethyl adjacent to an activating group) is 1. The average molecular weight is 336 g/mol. The van der Waals surface area contributed by atoms with E-state index < -0.39 is 0 Å². The number of hydrogen-bond donors (Lipinski definition) is 0. The molecule has 1 aromatic carbocycles. The third-order valence-electron chi connectivity index (χ3n) is 4.98. The van der Waals surface area contributed by atoms with Crippen LogP contribution in [0.25, 0.3) is 11.0 Å². The molecule has 0 aliphatic carbocycles. The normalized spacial score (nSPS) is 15.8. The molecular formula is C19H24N6. The Labute approximate surface area is 148 Å². The minimum Gasteiger partial charge on any atom is -0.353 e. The fourth-order valence-electron chi connectivity index (χ4n) is 3.32. The zero-order valence-corrected chi connectivity index (χ0v) is 14.9. The number of aromatic nitrogens is 4. The van der Waals surface area contributed by atoms with Crippen LogP contribution in [0.2, 0.25) is 0 Å². The Morgan fingerprint density at radius 3 is 2.40 bits per heavy atom. The fraction of sp³-hybridized carbons (Fsp3) is 0.421. The summed E-state index contributed by atoms with van der Waals surface area (Å²) >= 11 is 0. The second-order valence-electron chi connectivity index (χ2n) is 6.70. The van der Waals surface area contributed by atoms with Gasteiger partial charge in [-0.15, -0.1) is 0 Å². The molecule has 1 saturated heterocycles. The standard InChI is InChI=1S/C19H24N6/c1-3-15-4-6-16(7-5-15)13-25-19-17(12-22-25)18(20-14-21-19)24-10-8-23(2)9-11-24/h4-7,12,14H,3,8-11,13H2,1-2H3. The van der Waals surface area contributed by atoms with Crippen molar-refractivity contribution in [2.24, 2.45) is 0 Å². The molecular weight excluding hydrogens is 312 g/mol. The highest BCUT2D eigenvalue weighted by atomic mass is 15.3. The molecule has 0 radical (unpaired) electrons. The number of hydrogen-bond acceptors (Lipinski definition) is 5. The van der Waals surface area contributed by atoms with E-state index in [4.69, 9.17) is 0 Å². The molecule has 0 bridgehead atoms. The summed E-state index contributed by atoms with van der Waals surface area (Å²) in [7, 11) is 2.16. The van der Waals surface area contributed by atoms with E-state index in [9.17, 15) is 0 Å².